The maximum absolute atomic E-state index is 11.0. The van der Waals surface area contributed by atoms with Gasteiger partial charge in [-0.3, -0.25) is 4.79 Å². The third kappa shape index (κ3) is 7.97. The standard InChI is InChI=1S/C8H16O2.C7H6O2/c1-5-7(4)8(9)10-6(2)3;8-7(9)6-4-2-1-3-5-6/h6-7H,5H2,1-4H3;1-5H,(H,8,9). The van der Waals surface area contributed by atoms with Crippen molar-refractivity contribution in [1.82, 2.24) is 0 Å². The summed E-state index contributed by atoms with van der Waals surface area (Å²) in [5.74, 6) is -0.921. The first kappa shape index (κ1) is 17.2. The molecule has 1 unspecified atom stereocenters. The fraction of sp³-hybridized carbons (Fsp3) is 0.467. The minimum Gasteiger partial charge on any atom is -0.478 e. The topological polar surface area (TPSA) is 63.6 Å². The number of hydrogen-bond acceptors (Lipinski definition) is 3. The zero-order valence-electron chi connectivity index (χ0n) is 11.9. The number of rotatable bonds is 4. The summed E-state index contributed by atoms with van der Waals surface area (Å²) >= 11 is 0. The van der Waals surface area contributed by atoms with Gasteiger partial charge in [0.15, 0.2) is 0 Å². The first-order valence-corrected chi connectivity index (χ1v) is 6.37. The summed E-state index contributed by atoms with van der Waals surface area (Å²) in [4.78, 5) is 21.2. The molecule has 0 radical (unpaired) electrons. The molecule has 0 aromatic heterocycles. The van der Waals surface area contributed by atoms with Crippen LogP contribution in [0.25, 0.3) is 0 Å². The highest BCUT2D eigenvalue weighted by molar-refractivity contribution is 5.87. The number of carboxylic acids is 1. The second kappa shape index (κ2) is 9.14. The van der Waals surface area contributed by atoms with Crippen molar-refractivity contribution in [3.05, 3.63) is 35.9 Å². The number of hydrogen-bond donors (Lipinski definition) is 1. The molecular weight excluding hydrogens is 244 g/mol. The Morgan fingerprint density at radius 3 is 2.00 bits per heavy atom. The largest absolute Gasteiger partial charge is 0.478 e. The van der Waals surface area contributed by atoms with Gasteiger partial charge in [-0.15, -0.1) is 0 Å². The number of carbonyl (C=O) groups excluding carboxylic acids is 1. The van der Waals surface area contributed by atoms with Crippen molar-refractivity contribution < 1.29 is 19.4 Å². The molecule has 0 fully saturated rings. The highest BCUT2D eigenvalue weighted by atomic mass is 16.5. The monoisotopic (exact) mass is 266 g/mol. The Labute approximate surface area is 114 Å². The van der Waals surface area contributed by atoms with Crippen LogP contribution in [0.2, 0.25) is 0 Å². The van der Waals surface area contributed by atoms with Gasteiger partial charge in [0.1, 0.15) is 0 Å². The van der Waals surface area contributed by atoms with Crippen molar-refractivity contribution >= 4 is 11.9 Å². The van der Waals surface area contributed by atoms with Crippen LogP contribution in [0, 0.1) is 5.92 Å². The molecule has 1 aromatic rings. The number of carbonyl (C=O) groups is 2. The molecule has 0 heterocycles. The third-order valence-corrected chi connectivity index (χ3v) is 2.39. The summed E-state index contributed by atoms with van der Waals surface area (Å²) in [5.41, 5.74) is 0.331. The van der Waals surface area contributed by atoms with E-state index in [2.05, 4.69) is 0 Å². The molecule has 0 aliphatic heterocycles. The van der Waals surface area contributed by atoms with E-state index < -0.39 is 5.97 Å². The predicted octanol–water partition coefficient (Wildman–Crippen LogP) is 3.37. The van der Waals surface area contributed by atoms with E-state index in [9.17, 15) is 9.59 Å². The molecule has 4 nitrogen and oxygen atoms in total. The van der Waals surface area contributed by atoms with Gasteiger partial charge in [0.2, 0.25) is 0 Å². The van der Waals surface area contributed by atoms with Gasteiger partial charge < -0.3 is 9.84 Å². The Balaban J connectivity index is 0.000000342. The van der Waals surface area contributed by atoms with E-state index in [1.807, 2.05) is 27.7 Å². The SMILES string of the molecule is CCC(C)C(=O)OC(C)C.O=C(O)c1ccccc1. The van der Waals surface area contributed by atoms with Crippen LogP contribution in [0.5, 0.6) is 0 Å². The maximum atomic E-state index is 11.0. The number of aromatic carboxylic acids is 1. The fourth-order valence-corrected chi connectivity index (χ4v) is 1.10. The Hall–Kier alpha value is -1.84. The average Bonchev–Trinajstić information content (AvgIpc) is 2.38. The van der Waals surface area contributed by atoms with Crippen molar-refractivity contribution in [2.45, 2.75) is 40.2 Å². The van der Waals surface area contributed by atoms with Crippen LogP contribution in [0.15, 0.2) is 30.3 Å². The van der Waals surface area contributed by atoms with Crippen molar-refractivity contribution in [2.24, 2.45) is 5.92 Å². The third-order valence-electron chi connectivity index (χ3n) is 2.39. The van der Waals surface area contributed by atoms with Gasteiger partial charge in [0.25, 0.3) is 0 Å². The Bertz CT molecular complexity index is 384. The second-order valence-corrected chi connectivity index (χ2v) is 4.47. The van der Waals surface area contributed by atoms with Crippen LogP contribution in [0.1, 0.15) is 44.5 Å². The molecule has 0 bridgehead atoms. The summed E-state index contributed by atoms with van der Waals surface area (Å²) in [5, 5.41) is 8.38. The molecule has 0 amide bonds. The summed E-state index contributed by atoms with van der Waals surface area (Å²) in [6.45, 7) is 7.58. The summed E-state index contributed by atoms with van der Waals surface area (Å²) in [6.07, 6.45) is 0.868. The number of benzene rings is 1. The smallest absolute Gasteiger partial charge is 0.335 e. The Morgan fingerprint density at radius 2 is 1.68 bits per heavy atom. The van der Waals surface area contributed by atoms with Crippen LogP contribution in [0.3, 0.4) is 0 Å². The second-order valence-electron chi connectivity index (χ2n) is 4.47. The maximum Gasteiger partial charge on any atom is 0.335 e. The van der Waals surface area contributed by atoms with E-state index in [0.717, 1.165) is 6.42 Å². The molecule has 0 aliphatic carbocycles. The van der Waals surface area contributed by atoms with E-state index in [1.165, 1.54) is 0 Å². The molecule has 19 heavy (non-hydrogen) atoms. The highest BCUT2D eigenvalue weighted by Crippen LogP contribution is 2.04. The lowest BCUT2D eigenvalue weighted by Gasteiger charge is -2.11. The normalized spacial score (nSPS) is 11.2. The molecule has 1 aromatic carbocycles. The lowest BCUT2D eigenvalue weighted by Crippen LogP contribution is -2.18. The lowest BCUT2D eigenvalue weighted by molar-refractivity contribution is -0.151. The molecule has 0 spiro atoms. The minimum atomic E-state index is -0.879. The molecule has 1 atom stereocenters. The minimum absolute atomic E-state index is 0.0153. The quantitative estimate of drug-likeness (QED) is 0.849. The van der Waals surface area contributed by atoms with Crippen LogP contribution in [-0.2, 0) is 9.53 Å². The van der Waals surface area contributed by atoms with Crippen LogP contribution >= 0.6 is 0 Å². The molecule has 1 rings (SSSR count). The summed E-state index contributed by atoms with van der Waals surface area (Å²) in [6, 6.07) is 8.30. The summed E-state index contributed by atoms with van der Waals surface area (Å²) in [7, 11) is 0. The van der Waals surface area contributed by atoms with E-state index in [0.29, 0.717) is 5.56 Å². The average molecular weight is 266 g/mol. The van der Waals surface area contributed by atoms with Crippen LogP contribution < -0.4 is 0 Å². The predicted molar refractivity (Wildman–Crippen MR) is 74.1 cm³/mol. The number of ether oxygens (including phenoxy) is 1. The van der Waals surface area contributed by atoms with Gasteiger partial charge in [0.05, 0.1) is 17.6 Å². The molecule has 106 valence electrons. The highest BCUT2D eigenvalue weighted by Gasteiger charge is 2.12. The van der Waals surface area contributed by atoms with E-state index in [-0.39, 0.29) is 18.0 Å². The molecule has 1 N–H and O–H groups in total. The summed E-state index contributed by atoms with van der Waals surface area (Å²) < 4.78 is 4.96. The van der Waals surface area contributed by atoms with Crippen molar-refractivity contribution in [1.29, 1.82) is 0 Å². The van der Waals surface area contributed by atoms with Crippen molar-refractivity contribution in [3.8, 4) is 0 Å². The zero-order valence-corrected chi connectivity index (χ0v) is 11.9. The Kier molecular flexibility index (Phi) is 8.25. The van der Waals surface area contributed by atoms with Crippen molar-refractivity contribution in [2.75, 3.05) is 0 Å². The first-order chi connectivity index (χ1) is 8.88. The fourth-order valence-electron chi connectivity index (χ4n) is 1.10. The molecule has 0 aliphatic rings. The number of esters is 1. The van der Waals surface area contributed by atoms with Gasteiger partial charge in [-0.05, 0) is 32.4 Å². The van der Waals surface area contributed by atoms with Gasteiger partial charge in [-0.1, -0.05) is 32.0 Å². The van der Waals surface area contributed by atoms with Crippen LogP contribution in [0.4, 0.5) is 0 Å². The molecule has 0 saturated heterocycles. The van der Waals surface area contributed by atoms with Gasteiger partial charge in [0, 0.05) is 0 Å². The van der Waals surface area contributed by atoms with Crippen LogP contribution in [-0.4, -0.2) is 23.1 Å². The van der Waals surface area contributed by atoms with Crippen molar-refractivity contribution in [3.63, 3.8) is 0 Å². The molecule has 4 heteroatoms. The van der Waals surface area contributed by atoms with E-state index in [4.69, 9.17) is 9.84 Å². The number of carboxylic acid groups (broad SMARTS) is 1. The lowest BCUT2D eigenvalue weighted by atomic mass is 10.1. The van der Waals surface area contributed by atoms with E-state index in [1.54, 1.807) is 30.3 Å². The van der Waals surface area contributed by atoms with Gasteiger partial charge in [-0.2, -0.15) is 0 Å². The Morgan fingerprint density at radius 1 is 1.16 bits per heavy atom. The first-order valence-electron chi connectivity index (χ1n) is 6.37. The molecule has 0 saturated carbocycles. The zero-order chi connectivity index (χ0) is 14.8. The van der Waals surface area contributed by atoms with Gasteiger partial charge in [-0.25, -0.2) is 4.79 Å². The molecular formula is C15H22O4. The van der Waals surface area contributed by atoms with E-state index >= 15 is 0 Å². The van der Waals surface area contributed by atoms with Gasteiger partial charge >= 0.3 is 11.9 Å².